The van der Waals surface area contributed by atoms with Gasteiger partial charge in [0.2, 0.25) is 5.91 Å². The van der Waals surface area contributed by atoms with Gasteiger partial charge in [-0.05, 0) is 43.5 Å². The van der Waals surface area contributed by atoms with Crippen molar-refractivity contribution in [3.63, 3.8) is 0 Å². The van der Waals surface area contributed by atoms with Gasteiger partial charge in [0, 0.05) is 44.1 Å². The van der Waals surface area contributed by atoms with Crippen molar-refractivity contribution in [2.75, 3.05) is 42.5 Å². The zero-order valence-corrected chi connectivity index (χ0v) is 15.3. The lowest BCUT2D eigenvalue weighted by Gasteiger charge is -2.40. The van der Waals surface area contributed by atoms with Gasteiger partial charge in [-0.15, -0.1) is 0 Å². The van der Waals surface area contributed by atoms with Crippen molar-refractivity contribution in [2.24, 2.45) is 0 Å². The first-order valence-corrected chi connectivity index (χ1v) is 9.50. The number of anilines is 2. The van der Waals surface area contributed by atoms with Crippen molar-refractivity contribution in [1.82, 2.24) is 9.88 Å². The fourth-order valence-corrected chi connectivity index (χ4v) is 3.97. The number of hydrogen-bond donors (Lipinski definition) is 0. The Morgan fingerprint density at radius 2 is 1.85 bits per heavy atom. The van der Waals surface area contributed by atoms with E-state index in [0.29, 0.717) is 12.6 Å². The maximum absolute atomic E-state index is 12.9. The molecule has 2 aliphatic heterocycles. The Balaban J connectivity index is 1.39. The van der Waals surface area contributed by atoms with Gasteiger partial charge in [-0.25, -0.2) is 4.98 Å². The Bertz CT molecular complexity index is 756. The first kappa shape index (κ1) is 16.9. The van der Waals surface area contributed by atoms with Crippen LogP contribution in [0, 0.1) is 0 Å². The summed E-state index contributed by atoms with van der Waals surface area (Å²) in [4.78, 5) is 23.9. The van der Waals surface area contributed by atoms with E-state index in [4.69, 9.17) is 0 Å². The number of fused-ring (bicyclic) bond motifs is 1. The monoisotopic (exact) mass is 350 g/mol. The van der Waals surface area contributed by atoms with Crippen LogP contribution in [0.5, 0.6) is 0 Å². The standard InChI is InChI=1S/C21H26N4O/c1-17-9-10-18-6-2-3-7-19(18)25(17)16-21(26)24-14-12-23(13-15-24)20-8-4-5-11-22-20/h2-8,11,17H,9-10,12-16H2,1H3/t17-/m1/s1. The molecule has 4 rings (SSSR count). The van der Waals surface area contributed by atoms with Crippen LogP contribution in [-0.4, -0.2) is 54.6 Å². The minimum Gasteiger partial charge on any atom is -0.359 e. The molecule has 2 aliphatic rings. The summed E-state index contributed by atoms with van der Waals surface area (Å²) in [6, 6.07) is 14.9. The second kappa shape index (κ2) is 7.36. The fourth-order valence-electron chi connectivity index (χ4n) is 3.97. The summed E-state index contributed by atoms with van der Waals surface area (Å²) in [5.41, 5.74) is 2.59. The molecule has 0 unspecified atom stereocenters. The zero-order chi connectivity index (χ0) is 17.9. The highest BCUT2D eigenvalue weighted by molar-refractivity contribution is 5.82. The molecule has 1 atom stereocenters. The minimum atomic E-state index is 0.231. The van der Waals surface area contributed by atoms with E-state index in [1.54, 1.807) is 0 Å². The zero-order valence-electron chi connectivity index (χ0n) is 15.3. The van der Waals surface area contributed by atoms with E-state index in [0.717, 1.165) is 44.8 Å². The predicted molar refractivity (Wildman–Crippen MR) is 105 cm³/mol. The van der Waals surface area contributed by atoms with E-state index < -0.39 is 0 Å². The van der Waals surface area contributed by atoms with E-state index in [2.05, 4.69) is 46.0 Å². The number of para-hydroxylation sites is 1. The van der Waals surface area contributed by atoms with Crippen molar-refractivity contribution >= 4 is 17.4 Å². The van der Waals surface area contributed by atoms with Gasteiger partial charge in [-0.3, -0.25) is 4.79 Å². The number of nitrogens with zero attached hydrogens (tertiary/aromatic N) is 4. The fraction of sp³-hybridized carbons (Fsp3) is 0.429. The van der Waals surface area contributed by atoms with E-state index in [1.807, 2.05) is 29.3 Å². The third kappa shape index (κ3) is 3.39. The first-order valence-electron chi connectivity index (χ1n) is 9.50. The van der Waals surface area contributed by atoms with Gasteiger partial charge in [-0.2, -0.15) is 0 Å². The van der Waals surface area contributed by atoms with Gasteiger partial charge < -0.3 is 14.7 Å². The summed E-state index contributed by atoms with van der Waals surface area (Å²) >= 11 is 0. The lowest BCUT2D eigenvalue weighted by molar-refractivity contribution is -0.130. The lowest BCUT2D eigenvalue weighted by atomic mass is 9.96. The number of carbonyl (C=O) groups excluding carboxylic acids is 1. The van der Waals surface area contributed by atoms with Crippen LogP contribution in [0.15, 0.2) is 48.7 Å². The molecule has 1 amide bonds. The molecule has 3 heterocycles. The molecule has 0 N–H and O–H groups in total. The largest absolute Gasteiger partial charge is 0.359 e. The maximum atomic E-state index is 12.9. The van der Waals surface area contributed by atoms with Crippen LogP contribution in [0.4, 0.5) is 11.5 Å². The van der Waals surface area contributed by atoms with Crippen molar-refractivity contribution in [1.29, 1.82) is 0 Å². The van der Waals surface area contributed by atoms with Gasteiger partial charge in [-0.1, -0.05) is 24.3 Å². The third-order valence-electron chi connectivity index (χ3n) is 5.58. The number of pyridine rings is 1. The summed E-state index contributed by atoms with van der Waals surface area (Å²) in [5, 5.41) is 0. The summed E-state index contributed by atoms with van der Waals surface area (Å²) in [6.45, 7) is 5.91. The molecule has 5 nitrogen and oxygen atoms in total. The highest BCUT2D eigenvalue weighted by Gasteiger charge is 2.28. The molecule has 5 heteroatoms. The van der Waals surface area contributed by atoms with Gasteiger partial charge in [0.25, 0.3) is 0 Å². The van der Waals surface area contributed by atoms with E-state index >= 15 is 0 Å². The normalized spacial score (nSPS) is 20.0. The Morgan fingerprint density at radius 3 is 2.62 bits per heavy atom. The van der Waals surface area contributed by atoms with Crippen LogP contribution in [0.3, 0.4) is 0 Å². The van der Waals surface area contributed by atoms with Crippen molar-refractivity contribution in [3.05, 3.63) is 54.2 Å². The quantitative estimate of drug-likeness (QED) is 0.853. The molecular weight excluding hydrogens is 324 g/mol. The first-order chi connectivity index (χ1) is 12.7. The smallest absolute Gasteiger partial charge is 0.242 e. The molecule has 0 aliphatic carbocycles. The van der Waals surface area contributed by atoms with Crippen LogP contribution in [-0.2, 0) is 11.2 Å². The highest BCUT2D eigenvalue weighted by atomic mass is 16.2. The van der Waals surface area contributed by atoms with Gasteiger partial charge in [0.05, 0.1) is 6.54 Å². The number of aryl methyl sites for hydroxylation is 1. The topological polar surface area (TPSA) is 39.7 Å². The van der Waals surface area contributed by atoms with Gasteiger partial charge in [0.15, 0.2) is 0 Å². The number of benzene rings is 1. The molecule has 1 aromatic heterocycles. The SMILES string of the molecule is C[C@@H]1CCc2ccccc2N1CC(=O)N1CCN(c2ccccn2)CC1. The summed E-state index contributed by atoms with van der Waals surface area (Å²) < 4.78 is 0. The second-order valence-electron chi connectivity index (χ2n) is 7.20. The molecule has 0 saturated carbocycles. The summed E-state index contributed by atoms with van der Waals surface area (Å²) in [6.07, 6.45) is 4.03. The number of rotatable bonds is 3. The van der Waals surface area contributed by atoms with E-state index in [1.165, 1.54) is 11.3 Å². The number of hydrogen-bond acceptors (Lipinski definition) is 4. The average Bonchev–Trinajstić information content (AvgIpc) is 2.71. The molecule has 0 radical (unpaired) electrons. The minimum absolute atomic E-state index is 0.231. The van der Waals surface area contributed by atoms with Crippen LogP contribution in [0.2, 0.25) is 0 Å². The predicted octanol–water partition coefficient (Wildman–Crippen LogP) is 2.57. The third-order valence-corrected chi connectivity index (χ3v) is 5.58. The summed E-state index contributed by atoms with van der Waals surface area (Å²) in [7, 11) is 0. The molecule has 26 heavy (non-hydrogen) atoms. The Kier molecular flexibility index (Phi) is 4.78. The Hall–Kier alpha value is -2.56. The molecule has 1 aromatic carbocycles. The highest BCUT2D eigenvalue weighted by Crippen LogP contribution is 2.30. The second-order valence-corrected chi connectivity index (χ2v) is 7.20. The number of carbonyl (C=O) groups is 1. The molecule has 0 bridgehead atoms. The van der Waals surface area contributed by atoms with E-state index in [9.17, 15) is 4.79 Å². The molecule has 1 saturated heterocycles. The van der Waals surface area contributed by atoms with Crippen molar-refractivity contribution < 1.29 is 4.79 Å². The van der Waals surface area contributed by atoms with Crippen molar-refractivity contribution in [3.8, 4) is 0 Å². The number of aromatic nitrogens is 1. The number of amides is 1. The molecule has 2 aromatic rings. The van der Waals surface area contributed by atoms with Crippen molar-refractivity contribution in [2.45, 2.75) is 25.8 Å². The van der Waals surface area contributed by atoms with Gasteiger partial charge >= 0.3 is 0 Å². The van der Waals surface area contributed by atoms with Crippen LogP contribution >= 0.6 is 0 Å². The van der Waals surface area contributed by atoms with Crippen LogP contribution < -0.4 is 9.80 Å². The lowest BCUT2D eigenvalue weighted by Crippen LogP contribution is -2.53. The van der Waals surface area contributed by atoms with Gasteiger partial charge in [0.1, 0.15) is 5.82 Å². The Labute approximate surface area is 155 Å². The Morgan fingerprint density at radius 1 is 1.08 bits per heavy atom. The molecule has 136 valence electrons. The average molecular weight is 350 g/mol. The van der Waals surface area contributed by atoms with E-state index in [-0.39, 0.29) is 5.91 Å². The molecule has 0 spiro atoms. The molecule has 1 fully saturated rings. The van der Waals surface area contributed by atoms with Crippen LogP contribution in [0.25, 0.3) is 0 Å². The van der Waals surface area contributed by atoms with Crippen LogP contribution in [0.1, 0.15) is 18.9 Å². The number of piperazine rings is 1. The summed E-state index contributed by atoms with van der Waals surface area (Å²) in [5.74, 6) is 1.23. The molecular formula is C21H26N4O. The maximum Gasteiger partial charge on any atom is 0.242 e.